The minimum absolute atomic E-state index is 0.162. The molecule has 0 bridgehead atoms. The van der Waals surface area contributed by atoms with E-state index < -0.39 is 11.8 Å². The SMILES string of the molecule is N#Cc1cccc(OC(=O)c2ccc(Br)cc2F)c1. The largest absolute Gasteiger partial charge is 0.423 e. The highest BCUT2D eigenvalue weighted by atomic mass is 79.9. The summed E-state index contributed by atoms with van der Waals surface area (Å²) in [5.41, 5.74) is 0.201. The van der Waals surface area contributed by atoms with E-state index >= 15 is 0 Å². The highest BCUT2D eigenvalue weighted by Gasteiger charge is 2.14. The number of hydrogen-bond donors (Lipinski definition) is 0. The Morgan fingerprint density at radius 3 is 2.74 bits per heavy atom. The Morgan fingerprint density at radius 1 is 1.26 bits per heavy atom. The minimum atomic E-state index is -0.805. The molecule has 0 spiro atoms. The predicted molar refractivity (Wildman–Crippen MR) is 70.2 cm³/mol. The van der Waals surface area contributed by atoms with Crippen LogP contribution in [0.4, 0.5) is 4.39 Å². The molecule has 5 heteroatoms. The van der Waals surface area contributed by atoms with E-state index in [-0.39, 0.29) is 11.3 Å². The molecule has 0 atom stereocenters. The van der Waals surface area contributed by atoms with Crippen LogP contribution in [0.25, 0.3) is 0 Å². The van der Waals surface area contributed by atoms with E-state index in [9.17, 15) is 9.18 Å². The Balaban J connectivity index is 2.23. The normalized spacial score (nSPS) is 9.74. The number of esters is 1. The molecular weight excluding hydrogens is 313 g/mol. The van der Waals surface area contributed by atoms with Crippen LogP contribution in [0, 0.1) is 17.1 Å². The summed E-state index contributed by atoms with van der Waals surface area (Å²) >= 11 is 3.10. The van der Waals surface area contributed by atoms with E-state index in [0.717, 1.165) is 0 Å². The number of carbonyl (C=O) groups is 1. The zero-order chi connectivity index (χ0) is 13.8. The van der Waals surface area contributed by atoms with Gasteiger partial charge in [-0.05, 0) is 36.4 Å². The summed E-state index contributed by atoms with van der Waals surface area (Å²) in [7, 11) is 0. The van der Waals surface area contributed by atoms with Crippen molar-refractivity contribution in [2.75, 3.05) is 0 Å². The van der Waals surface area contributed by atoms with Gasteiger partial charge in [-0.15, -0.1) is 0 Å². The second kappa shape index (κ2) is 5.63. The maximum absolute atomic E-state index is 13.6. The summed E-state index contributed by atoms with van der Waals surface area (Å²) in [6.07, 6.45) is 0. The van der Waals surface area contributed by atoms with Gasteiger partial charge in [-0.1, -0.05) is 22.0 Å². The number of carbonyl (C=O) groups excluding carboxylic acids is 1. The smallest absolute Gasteiger partial charge is 0.346 e. The average Bonchev–Trinajstić information content (AvgIpc) is 2.38. The number of benzene rings is 2. The van der Waals surface area contributed by atoms with Crippen molar-refractivity contribution in [2.45, 2.75) is 0 Å². The van der Waals surface area contributed by atoms with Gasteiger partial charge in [0.05, 0.1) is 17.2 Å². The molecule has 94 valence electrons. The molecular formula is C14H7BrFNO2. The number of hydrogen-bond acceptors (Lipinski definition) is 3. The Hall–Kier alpha value is -2.19. The lowest BCUT2D eigenvalue weighted by molar-refractivity contribution is 0.0730. The summed E-state index contributed by atoms with van der Waals surface area (Å²) in [6.45, 7) is 0. The first-order valence-corrected chi connectivity index (χ1v) is 6.07. The van der Waals surface area contributed by atoms with Crippen LogP contribution < -0.4 is 4.74 Å². The fourth-order valence-electron chi connectivity index (χ4n) is 1.45. The third-order valence-corrected chi connectivity index (χ3v) is 2.82. The third kappa shape index (κ3) is 3.18. The van der Waals surface area contributed by atoms with Crippen LogP contribution in [0.15, 0.2) is 46.9 Å². The van der Waals surface area contributed by atoms with Gasteiger partial charge in [-0.25, -0.2) is 9.18 Å². The van der Waals surface area contributed by atoms with E-state index in [1.54, 1.807) is 18.2 Å². The van der Waals surface area contributed by atoms with Crippen LogP contribution in [-0.2, 0) is 0 Å². The van der Waals surface area contributed by atoms with Crippen LogP contribution in [0.3, 0.4) is 0 Å². The Bertz CT molecular complexity index is 679. The lowest BCUT2D eigenvalue weighted by Gasteiger charge is -2.05. The molecule has 0 unspecified atom stereocenters. The maximum Gasteiger partial charge on any atom is 0.346 e. The highest BCUT2D eigenvalue weighted by molar-refractivity contribution is 9.10. The Labute approximate surface area is 117 Å². The molecule has 2 rings (SSSR count). The summed E-state index contributed by atoms with van der Waals surface area (Å²) in [5.74, 6) is -1.28. The van der Waals surface area contributed by atoms with Crippen LogP contribution in [0.1, 0.15) is 15.9 Å². The molecule has 0 radical (unpaired) electrons. The molecule has 19 heavy (non-hydrogen) atoms. The third-order valence-electron chi connectivity index (χ3n) is 2.32. The molecule has 3 nitrogen and oxygen atoms in total. The Kier molecular flexibility index (Phi) is 3.93. The molecule has 0 N–H and O–H groups in total. The molecule has 0 saturated heterocycles. The second-order valence-electron chi connectivity index (χ2n) is 3.65. The van der Waals surface area contributed by atoms with E-state index in [0.29, 0.717) is 10.0 Å². The topological polar surface area (TPSA) is 50.1 Å². The standard InChI is InChI=1S/C14H7BrFNO2/c15-10-4-5-12(13(16)7-10)14(18)19-11-3-1-2-9(6-11)8-17/h1-7H. The summed E-state index contributed by atoms with van der Waals surface area (Å²) in [5, 5.41) is 8.73. The van der Waals surface area contributed by atoms with Gasteiger partial charge in [-0.3, -0.25) is 0 Å². The van der Waals surface area contributed by atoms with Crippen molar-refractivity contribution in [3.63, 3.8) is 0 Å². The van der Waals surface area contributed by atoms with Gasteiger partial charge in [0.25, 0.3) is 0 Å². The van der Waals surface area contributed by atoms with Crippen molar-refractivity contribution in [1.82, 2.24) is 0 Å². The van der Waals surface area contributed by atoms with Gasteiger partial charge in [0.15, 0.2) is 0 Å². The fraction of sp³-hybridized carbons (Fsp3) is 0. The van der Waals surface area contributed by atoms with Crippen molar-refractivity contribution in [1.29, 1.82) is 5.26 Å². The van der Waals surface area contributed by atoms with Crippen LogP contribution in [0.2, 0.25) is 0 Å². The number of halogens is 2. The highest BCUT2D eigenvalue weighted by Crippen LogP contribution is 2.18. The van der Waals surface area contributed by atoms with Crippen LogP contribution >= 0.6 is 15.9 Å². The lowest BCUT2D eigenvalue weighted by Crippen LogP contribution is -2.10. The fourth-order valence-corrected chi connectivity index (χ4v) is 1.78. The lowest BCUT2D eigenvalue weighted by atomic mass is 10.2. The van der Waals surface area contributed by atoms with Crippen molar-refractivity contribution in [3.05, 3.63) is 63.9 Å². The van der Waals surface area contributed by atoms with Gasteiger partial charge in [-0.2, -0.15) is 5.26 Å². The van der Waals surface area contributed by atoms with Crippen molar-refractivity contribution in [2.24, 2.45) is 0 Å². The molecule has 0 aliphatic rings. The van der Waals surface area contributed by atoms with Crippen molar-refractivity contribution in [3.8, 4) is 11.8 Å². The van der Waals surface area contributed by atoms with Gasteiger partial charge >= 0.3 is 5.97 Å². The van der Waals surface area contributed by atoms with E-state index in [2.05, 4.69) is 15.9 Å². The van der Waals surface area contributed by atoms with Gasteiger partial charge in [0, 0.05) is 4.47 Å². The number of nitriles is 1. The zero-order valence-corrected chi connectivity index (χ0v) is 11.1. The Morgan fingerprint density at radius 2 is 2.05 bits per heavy atom. The van der Waals surface area contributed by atoms with E-state index in [1.807, 2.05) is 6.07 Å². The van der Waals surface area contributed by atoms with Crippen molar-refractivity contribution < 1.29 is 13.9 Å². The molecule has 0 aliphatic heterocycles. The number of nitrogens with zero attached hydrogens (tertiary/aromatic N) is 1. The van der Waals surface area contributed by atoms with Gasteiger partial charge in [0.2, 0.25) is 0 Å². The van der Waals surface area contributed by atoms with E-state index in [4.69, 9.17) is 10.00 Å². The van der Waals surface area contributed by atoms with Crippen LogP contribution in [0.5, 0.6) is 5.75 Å². The maximum atomic E-state index is 13.6. The molecule has 0 amide bonds. The van der Waals surface area contributed by atoms with Crippen LogP contribution in [-0.4, -0.2) is 5.97 Å². The summed E-state index contributed by atoms with van der Waals surface area (Å²) < 4.78 is 19.1. The van der Waals surface area contributed by atoms with Crippen molar-refractivity contribution >= 4 is 21.9 Å². The molecule has 2 aromatic rings. The molecule has 2 aromatic carbocycles. The second-order valence-corrected chi connectivity index (χ2v) is 4.57. The van der Waals surface area contributed by atoms with E-state index in [1.165, 1.54) is 24.3 Å². The first-order valence-electron chi connectivity index (χ1n) is 5.27. The summed E-state index contributed by atoms with van der Waals surface area (Å²) in [4.78, 5) is 11.8. The van der Waals surface area contributed by atoms with Gasteiger partial charge in [0.1, 0.15) is 11.6 Å². The molecule has 0 saturated carbocycles. The minimum Gasteiger partial charge on any atom is -0.423 e. The molecule has 0 heterocycles. The zero-order valence-electron chi connectivity index (χ0n) is 9.56. The monoisotopic (exact) mass is 319 g/mol. The quantitative estimate of drug-likeness (QED) is 0.626. The van der Waals surface area contributed by atoms with Gasteiger partial charge < -0.3 is 4.74 Å². The molecule has 0 fully saturated rings. The average molecular weight is 320 g/mol. The predicted octanol–water partition coefficient (Wildman–Crippen LogP) is 3.68. The molecule has 0 aromatic heterocycles. The number of ether oxygens (including phenoxy) is 1. The first-order chi connectivity index (χ1) is 9.10. The number of rotatable bonds is 2. The molecule has 0 aliphatic carbocycles. The first kappa shape index (κ1) is 13.2. The summed E-state index contributed by atoms with van der Waals surface area (Å²) in [6, 6.07) is 12.1.